The lowest BCUT2D eigenvalue weighted by molar-refractivity contribution is -0.0244. The van der Waals surface area contributed by atoms with Crippen molar-refractivity contribution < 1.29 is 22.8 Å². The molecule has 7 heteroatoms. The van der Waals surface area contributed by atoms with Gasteiger partial charge in [-0.05, 0) is 34.6 Å². The SMILES string of the molecule is Cc1cc(B2OC(C)(C)C(C)(C)O2)cnc1OCC(C)(F)F. The molecule has 1 aliphatic rings. The van der Waals surface area contributed by atoms with Gasteiger partial charge < -0.3 is 14.0 Å². The number of halogens is 2. The Labute approximate surface area is 130 Å². The third-order valence-electron chi connectivity index (χ3n) is 4.04. The number of alkyl halides is 2. The van der Waals surface area contributed by atoms with E-state index in [0.717, 1.165) is 12.4 Å². The number of hydrogen-bond acceptors (Lipinski definition) is 4. The van der Waals surface area contributed by atoms with Gasteiger partial charge in [0, 0.05) is 24.1 Å². The average Bonchev–Trinajstić information content (AvgIpc) is 2.56. The van der Waals surface area contributed by atoms with Crippen LogP contribution in [-0.4, -0.2) is 35.8 Å². The monoisotopic (exact) mass is 313 g/mol. The first-order chi connectivity index (χ1) is 9.91. The fraction of sp³-hybridized carbons (Fsp3) is 0.667. The fourth-order valence-electron chi connectivity index (χ4n) is 2.04. The van der Waals surface area contributed by atoms with Gasteiger partial charge in [0.15, 0.2) is 6.61 Å². The standard InChI is InChI=1S/C15H22BF2NO3/c1-10-7-11(8-19-12(10)20-9-15(6,17)18)16-21-13(2,3)14(4,5)22-16/h7-8H,9H2,1-6H3. The summed E-state index contributed by atoms with van der Waals surface area (Å²) in [5, 5.41) is 0. The van der Waals surface area contributed by atoms with Crippen LogP contribution in [0.15, 0.2) is 12.3 Å². The summed E-state index contributed by atoms with van der Waals surface area (Å²) in [7, 11) is -0.530. The van der Waals surface area contributed by atoms with Gasteiger partial charge in [-0.25, -0.2) is 13.8 Å². The largest absolute Gasteiger partial charge is 0.496 e. The Morgan fingerprint density at radius 1 is 1.23 bits per heavy atom. The first-order valence-electron chi connectivity index (χ1n) is 7.24. The van der Waals surface area contributed by atoms with Crippen LogP contribution in [0.3, 0.4) is 0 Å². The van der Waals surface area contributed by atoms with Crippen LogP contribution >= 0.6 is 0 Å². The van der Waals surface area contributed by atoms with Gasteiger partial charge in [-0.2, -0.15) is 0 Å². The summed E-state index contributed by atoms with van der Waals surface area (Å²) in [5.41, 5.74) is 0.527. The van der Waals surface area contributed by atoms with Crippen molar-refractivity contribution in [2.45, 2.75) is 58.7 Å². The van der Waals surface area contributed by atoms with Gasteiger partial charge in [0.25, 0.3) is 5.92 Å². The zero-order valence-electron chi connectivity index (χ0n) is 13.9. The Balaban J connectivity index is 2.14. The van der Waals surface area contributed by atoms with Crippen molar-refractivity contribution in [3.8, 4) is 5.88 Å². The maximum absolute atomic E-state index is 12.8. The summed E-state index contributed by atoms with van der Waals surface area (Å²) in [5.74, 6) is -2.69. The molecule has 4 nitrogen and oxygen atoms in total. The summed E-state index contributed by atoms with van der Waals surface area (Å²) in [6.45, 7) is 9.73. The van der Waals surface area contributed by atoms with Crippen molar-refractivity contribution in [3.63, 3.8) is 0 Å². The highest BCUT2D eigenvalue weighted by Crippen LogP contribution is 2.36. The molecular formula is C15H22BF2NO3. The molecule has 0 N–H and O–H groups in total. The van der Waals surface area contributed by atoms with E-state index in [-0.39, 0.29) is 5.88 Å². The van der Waals surface area contributed by atoms with Crippen molar-refractivity contribution in [3.05, 3.63) is 17.8 Å². The first-order valence-corrected chi connectivity index (χ1v) is 7.24. The molecule has 1 aromatic heterocycles. The molecule has 22 heavy (non-hydrogen) atoms. The lowest BCUT2D eigenvalue weighted by Gasteiger charge is -2.32. The lowest BCUT2D eigenvalue weighted by Crippen LogP contribution is -2.41. The van der Waals surface area contributed by atoms with Crippen LogP contribution in [0.5, 0.6) is 5.88 Å². The number of hydrogen-bond donors (Lipinski definition) is 0. The van der Waals surface area contributed by atoms with Gasteiger partial charge in [-0.15, -0.1) is 0 Å². The second-order valence-corrected chi connectivity index (χ2v) is 6.84. The van der Waals surface area contributed by atoms with Gasteiger partial charge in [0.2, 0.25) is 5.88 Å². The maximum atomic E-state index is 12.8. The Bertz CT molecular complexity index is 542. The normalized spacial score (nSPS) is 20.3. The molecule has 1 fully saturated rings. The smallest absolute Gasteiger partial charge is 0.471 e. The zero-order chi connectivity index (χ0) is 16.8. The van der Waals surface area contributed by atoms with E-state index in [1.54, 1.807) is 13.0 Å². The molecule has 1 aromatic rings. The van der Waals surface area contributed by atoms with Crippen molar-refractivity contribution in [2.75, 3.05) is 6.61 Å². The zero-order valence-corrected chi connectivity index (χ0v) is 13.9. The average molecular weight is 313 g/mol. The number of rotatable bonds is 4. The van der Waals surface area contributed by atoms with Crippen LogP contribution in [0, 0.1) is 6.92 Å². The molecule has 0 spiro atoms. The molecule has 0 saturated carbocycles. The molecule has 122 valence electrons. The van der Waals surface area contributed by atoms with Gasteiger partial charge in [-0.1, -0.05) is 6.07 Å². The minimum atomic E-state index is -2.89. The second kappa shape index (κ2) is 5.46. The van der Waals surface area contributed by atoms with E-state index in [0.29, 0.717) is 5.56 Å². The van der Waals surface area contributed by atoms with E-state index >= 15 is 0 Å². The summed E-state index contributed by atoms with van der Waals surface area (Å²) < 4.78 is 42.6. The molecule has 2 heterocycles. The van der Waals surface area contributed by atoms with Crippen LogP contribution < -0.4 is 10.2 Å². The Kier molecular flexibility index (Phi) is 4.26. The van der Waals surface area contributed by atoms with Gasteiger partial charge in [0.1, 0.15) is 0 Å². The van der Waals surface area contributed by atoms with Gasteiger partial charge in [-0.3, -0.25) is 0 Å². The van der Waals surface area contributed by atoms with E-state index in [9.17, 15) is 8.78 Å². The highest BCUT2D eigenvalue weighted by atomic mass is 19.3. The summed E-state index contributed by atoms with van der Waals surface area (Å²) in [6, 6.07) is 1.79. The molecule has 0 amide bonds. The van der Waals surface area contributed by atoms with Gasteiger partial charge >= 0.3 is 7.12 Å². The predicted octanol–water partition coefficient (Wildman–Crippen LogP) is 2.72. The number of ether oxygens (including phenoxy) is 1. The summed E-state index contributed by atoms with van der Waals surface area (Å²) >= 11 is 0. The molecule has 0 bridgehead atoms. The third-order valence-corrected chi connectivity index (χ3v) is 4.04. The van der Waals surface area contributed by atoms with Crippen LogP contribution in [0.1, 0.15) is 40.2 Å². The summed E-state index contributed by atoms with van der Waals surface area (Å²) in [6.07, 6.45) is 1.54. The van der Waals surface area contributed by atoms with Crippen LogP contribution in [0.4, 0.5) is 8.78 Å². The molecule has 0 atom stereocenters. The number of aromatic nitrogens is 1. The predicted molar refractivity (Wildman–Crippen MR) is 80.8 cm³/mol. The van der Waals surface area contributed by atoms with E-state index in [1.165, 1.54) is 6.20 Å². The Morgan fingerprint density at radius 3 is 2.23 bits per heavy atom. The highest BCUT2D eigenvalue weighted by Gasteiger charge is 2.51. The Hall–Kier alpha value is -1.21. The topological polar surface area (TPSA) is 40.6 Å². The van der Waals surface area contributed by atoms with E-state index < -0.39 is 30.8 Å². The molecule has 1 saturated heterocycles. The van der Waals surface area contributed by atoms with Crippen LogP contribution in [-0.2, 0) is 9.31 Å². The van der Waals surface area contributed by atoms with Crippen molar-refractivity contribution in [2.24, 2.45) is 0 Å². The quantitative estimate of drug-likeness (QED) is 0.802. The number of aryl methyl sites for hydroxylation is 1. The van der Waals surface area contributed by atoms with Crippen molar-refractivity contribution in [1.82, 2.24) is 4.98 Å². The third kappa shape index (κ3) is 3.58. The molecule has 2 rings (SSSR count). The number of nitrogens with zero attached hydrogens (tertiary/aromatic N) is 1. The van der Waals surface area contributed by atoms with Crippen molar-refractivity contribution >= 4 is 12.6 Å². The molecule has 1 aliphatic heterocycles. The summed E-state index contributed by atoms with van der Waals surface area (Å²) in [4.78, 5) is 4.11. The van der Waals surface area contributed by atoms with Crippen LogP contribution in [0.2, 0.25) is 0 Å². The van der Waals surface area contributed by atoms with E-state index in [4.69, 9.17) is 14.0 Å². The molecule has 0 aliphatic carbocycles. The Morgan fingerprint density at radius 2 is 1.77 bits per heavy atom. The molecular weight excluding hydrogens is 291 g/mol. The van der Waals surface area contributed by atoms with Gasteiger partial charge in [0.05, 0.1) is 11.2 Å². The minimum Gasteiger partial charge on any atom is -0.471 e. The maximum Gasteiger partial charge on any atom is 0.496 e. The highest BCUT2D eigenvalue weighted by molar-refractivity contribution is 6.62. The van der Waals surface area contributed by atoms with E-state index in [2.05, 4.69) is 4.98 Å². The van der Waals surface area contributed by atoms with E-state index in [1.807, 2.05) is 27.7 Å². The second-order valence-electron chi connectivity index (χ2n) is 6.84. The lowest BCUT2D eigenvalue weighted by atomic mass is 9.80. The first kappa shape index (κ1) is 17.2. The molecule has 0 unspecified atom stereocenters. The molecule has 0 aromatic carbocycles. The fourth-order valence-corrected chi connectivity index (χ4v) is 2.04. The van der Waals surface area contributed by atoms with Crippen molar-refractivity contribution in [1.29, 1.82) is 0 Å². The number of pyridine rings is 1. The molecule has 0 radical (unpaired) electrons. The minimum absolute atomic E-state index is 0.196. The van der Waals surface area contributed by atoms with Crippen LogP contribution in [0.25, 0.3) is 0 Å².